The molecule has 1 atom stereocenters. The molecule has 0 aliphatic rings. The number of amides is 2. The third-order valence-corrected chi connectivity index (χ3v) is 7.85. The summed E-state index contributed by atoms with van der Waals surface area (Å²) in [4.78, 5) is 38.5. The molecule has 0 heterocycles. The van der Waals surface area contributed by atoms with Gasteiger partial charge in [0.05, 0.1) is 10.0 Å². The number of nitrogens with one attached hydrogen (secondary N) is 2. The summed E-state index contributed by atoms with van der Waals surface area (Å²) >= 11 is 13.6. The molecule has 2 amide bonds. The fourth-order valence-electron chi connectivity index (χ4n) is 3.85. The van der Waals surface area contributed by atoms with Gasteiger partial charge in [-0.2, -0.15) is 11.8 Å². The van der Waals surface area contributed by atoms with Crippen LogP contribution in [0.25, 0.3) is 17.2 Å². The highest BCUT2D eigenvalue weighted by Gasteiger charge is 2.23. The molecule has 0 radical (unpaired) electrons. The minimum Gasteiger partial charge on any atom is -0.480 e. The largest absolute Gasteiger partial charge is 0.480 e. The average molecular weight is 606 g/mol. The molecule has 0 bridgehead atoms. The van der Waals surface area contributed by atoms with Gasteiger partial charge in [-0.1, -0.05) is 102 Å². The Morgan fingerprint density at radius 2 is 1.44 bits per heavy atom. The van der Waals surface area contributed by atoms with E-state index in [0.29, 0.717) is 21.9 Å². The van der Waals surface area contributed by atoms with Crippen LogP contribution in [-0.4, -0.2) is 34.7 Å². The van der Waals surface area contributed by atoms with Gasteiger partial charge < -0.3 is 15.7 Å². The van der Waals surface area contributed by atoms with Crippen molar-refractivity contribution in [3.8, 4) is 11.1 Å². The number of hydrogen-bond acceptors (Lipinski definition) is 4. The highest BCUT2D eigenvalue weighted by molar-refractivity contribution is 7.98. The van der Waals surface area contributed by atoms with E-state index in [2.05, 4.69) is 10.6 Å². The first-order valence-electron chi connectivity index (χ1n) is 12.6. The molecular formula is C32H26Cl2N2O4S. The number of aliphatic carboxylic acids is 1. The van der Waals surface area contributed by atoms with Gasteiger partial charge in [0.1, 0.15) is 11.7 Å². The van der Waals surface area contributed by atoms with Gasteiger partial charge in [0, 0.05) is 17.1 Å². The van der Waals surface area contributed by atoms with E-state index in [0.717, 1.165) is 16.7 Å². The van der Waals surface area contributed by atoms with Crippen molar-refractivity contribution >= 4 is 58.8 Å². The van der Waals surface area contributed by atoms with Gasteiger partial charge in [-0.15, -0.1) is 0 Å². The minimum absolute atomic E-state index is 0.130. The first kappa shape index (κ1) is 29.9. The topological polar surface area (TPSA) is 95.5 Å². The number of carboxylic acid groups (broad SMARTS) is 1. The van der Waals surface area contributed by atoms with E-state index in [-0.39, 0.29) is 16.5 Å². The maximum Gasteiger partial charge on any atom is 0.327 e. The monoisotopic (exact) mass is 604 g/mol. The Balaban J connectivity index is 1.52. The molecule has 0 fully saturated rings. The van der Waals surface area contributed by atoms with Crippen molar-refractivity contribution in [1.29, 1.82) is 0 Å². The Morgan fingerprint density at radius 3 is 2.07 bits per heavy atom. The first-order chi connectivity index (χ1) is 19.8. The number of rotatable bonds is 11. The second-order valence-electron chi connectivity index (χ2n) is 8.99. The lowest BCUT2D eigenvalue weighted by molar-refractivity contribution is -0.140. The lowest BCUT2D eigenvalue weighted by Gasteiger charge is -2.17. The Labute approximate surface area is 252 Å². The van der Waals surface area contributed by atoms with Crippen LogP contribution in [0.2, 0.25) is 10.0 Å². The van der Waals surface area contributed by atoms with Crippen molar-refractivity contribution in [3.05, 3.63) is 136 Å². The minimum atomic E-state index is -1.18. The molecule has 0 saturated carbocycles. The van der Waals surface area contributed by atoms with E-state index in [1.165, 1.54) is 17.8 Å². The van der Waals surface area contributed by atoms with Crippen molar-refractivity contribution in [1.82, 2.24) is 10.6 Å². The summed E-state index contributed by atoms with van der Waals surface area (Å²) in [6.07, 6.45) is 1.42. The van der Waals surface area contributed by atoms with E-state index in [1.54, 1.807) is 30.3 Å². The van der Waals surface area contributed by atoms with Crippen LogP contribution in [0, 0.1) is 0 Å². The maximum absolute atomic E-state index is 13.3. The van der Waals surface area contributed by atoms with Crippen molar-refractivity contribution in [2.45, 2.75) is 11.8 Å². The highest BCUT2D eigenvalue weighted by Crippen LogP contribution is 2.24. The molecule has 4 aromatic carbocycles. The number of benzene rings is 4. The molecule has 4 aromatic rings. The van der Waals surface area contributed by atoms with E-state index in [1.807, 2.05) is 72.8 Å². The predicted molar refractivity (Wildman–Crippen MR) is 166 cm³/mol. The van der Waals surface area contributed by atoms with Gasteiger partial charge in [-0.3, -0.25) is 9.59 Å². The fraction of sp³-hybridized carbons (Fsp3) is 0.0938. The molecule has 0 aliphatic carbocycles. The van der Waals surface area contributed by atoms with Crippen LogP contribution in [0.5, 0.6) is 0 Å². The summed E-state index contributed by atoms with van der Waals surface area (Å²) in [7, 11) is 0. The smallest absolute Gasteiger partial charge is 0.327 e. The summed E-state index contributed by atoms with van der Waals surface area (Å²) in [5.41, 5.74) is 3.66. The molecule has 41 heavy (non-hydrogen) atoms. The SMILES string of the molecule is O=C(N[C@@H](CSCc1ccccc1)C(=O)O)/C(=C\c1ccc(Cl)c(Cl)c1)NC(=O)c1ccc(-c2ccccc2)cc1. The number of carbonyl (C=O) groups is 3. The molecule has 9 heteroatoms. The Hall–Kier alpha value is -4.04. The highest BCUT2D eigenvalue weighted by atomic mass is 35.5. The van der Waals surface area contributed by atoms with Crippen LogP contribution in [-0.2, 0) is 15.3 Å². The van der Waals surface area contributed by atoms with Crippen molar-refractivity contribution in [2.24, 2.45) is 0 Å². The molecule has 0 spiro atoms. The van der Waals surface area contributed by atoms with Crippen LogP contribution >= 0.6 is 35.0 Å². The van der Waals surface area contributed by atoms with Gasteiger partial charge in [0.25, 0.3) is 11.8 Å². The predicted octanol–water partition coefficient (Wildman–Crippen LogP) is 6.93. The van der Waals surface area contributed by atoms with Crippen molar-refractivity contribution in [2.75, 3.05) is 5.75 Å². The fourth-order valence-corrected chi connectivity index (χ4v) is 5.16. The molecule has 0 unspecified atom stereocenters. The Kier molecular flexibility index (Phi) is 10.6. The molecular weight excluding hydrogens is 579 g/mol. The van der Waals surface area contributed by atoms with Crippen molar-refractivity contribution < 1.29 is 19.5 Å². The molecule has 0 aromatic heterocycles. The molecule has 3 N–H and O–H groups in total. The Morgan fingerprint density at radius 1 is 0.805 bits per heavy atom. The zero-order valence-corrected chi connectivity index (χ0v) is 24.0. The number of thioether (sulfide) groups is 1. The van der Waals surface area contributed by atoms with Gasteiger partial charge in [-0.25, -0.2) is 4.79 Å². The summed E-state index contributed by atoms with van der Waals surface area (Å²) < 4.78 is 0. The van der Waals surface area contributed by atoms with Crippen LogP contribution in [0.4, 0.5) is 0 Å². The van der Waals surface area contributed by atoms with Gasteiger partial charge in [0.2, 0.25) is 0 Å². The third-order valence-electron chi connectivity index (χ3n) is 6.00. The van der Waals surface area contributed by atoms with E-state index >= 15 is 0 Å². The first-order valence-corrected chi connectivity index (χ1v) is 14.5. The summed E-state index contributed by atoms with van der Waals surface area (Å²) in [5, 5.41) is 15.5. The third kappa shape index (κ3) is 8.72. The zero-order chi connectivity index (χ0) is 29.2. The van der Waals surface area contributed by atoms with Crippen molar-refractivity contribution in [3.63, 3.8) is 0 Å². The van der Waals surface area contributed by atoms with Crippen LogP contribution in [0.3, 0.4) is 0 Å². The number of carbonyl (C=O) groups excluding carboxylic acids is 2. The molecule has 6 nitrogen and oxygen atoms in total. The van der Waals surface area contributed by atoms with Gasteiger partial charge >= 0.3 is 5.97 Å². The standard InChI is InChI=1S/C32H26Cl2N2O4S/c33-26-16-11-22(17-27(26)34)18-28(31(38)36-29(32(39)40)20-41-19-21-7-3-1-4-8-21)35-30(37)25-14-12-24(13-15-25)23-9-5-2-6-10-23/h1-18,29H,19-20H2,(H,35,37)(H,36,38)(H,39,40)/b28-18+/t29-/m0/s1. The van der Waals surface area contributed by atoms with E-state index in [9.17, 15) is 19.5 Å². The number of hydrogen-bond donors (Lipinski definition) is 3. The van der Waals surface area contributed by atoms with Gasteiger partial charge in [-0.05, 0) is 52.6 Å². The summed E-state index contributed by atoms with van der Waals surface area (Å²) in [6, 6.07) is 29.8. The number of carboxylic acids is 1. The summed E-state index contributed by atoms with van der Waals surface area (Å²) in [6.45, 7) is 0. The normalized spacial score (nSPS) is 11.9. The molecule has 0 saturated heterocycles. The molecule has 208 valence electrons. The summed E-state index contributed by atoms with van der Waals surface area (Å²) in [5.74, 6) is -1.75. The number of halogens is 2. The molecule has 4 rings (SSSR count). The average Bonchev–Trinajstić information content (AvgIpc) is 2.99. The van der Waals surface area contributed by atoms with Gasteiger partial charge in [0.15, 0.2) is 0 Å². The second-order valence-corrected chi connectivity index (χ2v) is 10.8. The van der Waals surface area contributed by atoms with E-state index < -0.39 is 23.8 Å². The lowest BCUT2D eigenvalue weighted by atomic mass is 10.0. The quantitative estimate of drug-likeness (QED) is 0.161. The lowest BCUT2D eigenvalue weighted by Crippen LogP contribution is -2.45. The van der Waals surface area contributed by atoms with Crippen LogP contribution in [0.1, 0.15) is 21.5 Å². The maximum atomic E-state index is 13.3. The van der Waals surface area contributed by atoms with E-state index in [4.69, 9.17) is 23.2 Å². The van der Waals surface area contributed by atoms with Crippen LogP contribution in [0.15, 0.2) is 109 Å². The molecule has 0 aliphatic heterocycles. The zero-order valence-electron chi connectivity index (χ0n) is 21.7. The second kappa shape index (κ2) is 14.6. The Bertz CT molecular complexity index is 1550. The van der Waals surface area contributed by atoms with Crippen LogP contribution < -0.4 is 10.6 Å².